The van der Waals surface area contributed by atoms with E-state index in [1.54, 1.807) is 25.6 Å². The van der Waals surface area contributed by atoms with Gasteiger partial charge in [-0.25, -0.2) is 0 Å². The van der Waals surface area contributed by atoms with Gasteiger partial charge in [0.15, 0.2) is 0 Å². The molecule has 4 aromatic rings. The lowest BCUT2D eigenvalue weighted by Gasteiger charge is -2.17. The summed E-state index contributed by atoms with van der Waals surface area (Å²) >= 11 is 7.03. The first-order chi connectivity index (χ1) is 22.8. The number of aliphatic hydroxyl groups is 1. The van der Waals surface area contributed by atoms with Crippen LogP contribution in [0.4, 0.5) is 5.69 Å². The molecule has 6 rings (SSSR count). The number of likely N-dealkylation sites (tertiary alicyclic amines) is 1. The van der Waals surface area contributed by atoms with E-state index in [1.807, 2.05) is 55.5 Å². The van der Waals surface area contributed by atoms with Gasteiger partial charge in [0.05, 0.1) is 23.9 Å². The van der Waals surface area contributed by atoms with Crippen molar-refractivity contribution in [1.82, 2.24) is 25.5 Å². The van der Waals surface area contributed by atoms with E-state index in [0.29, 0.717) is 60.4 Å². The number of nitrogens with zero attached hydrogens (tertiary/aromatic N) is 3. The Hall–Kier alpha value is -4.35. The van der Waals surface area contributed by atoms with Gasteiger partial charge in [-0.05, 0) is 60.7 Å². The van der Waals surface area contributed by atoms with Gasteiger partial charge >= 0.3 is 0 Å². The molecule has 0 aliphatic carbocycles. The first-order valence-electron chi connectivity index (χ1n) is 15.9. The molecule has 2 atom stereocenters. The molecule has 244 valence electrons. The molecule has 4 N–H and O–H groups in total. The van der Waals surface area contributed by atoms with E-state index in [-0.39, 0.29) is 24.0 Å². The van der Waals surface area contributed by atoms with Gasteiger partial charge in [-0.1, -0.05) is 41.9 Å². The highest BCUT2D eigenvalue weighted by Gasteiger charge is 2.22. The quantitative estimate of drug-likeness (QED) is 0.179. The number of hydrogen-bond donors (Lipinski definition) is 4. The summed E-state index contributed by atoms with van der Waals surface area (Å²) in [6, 6.07) is 17.3. The fourth-order valence-electron chi connectivity index (χ4n) is 6.22. The number of amides is 2. The summed E-state index contributed by atoms with van der Waals surface area (Å²) in [6.07, 6.45) is 5.37. The predicted octanol–water partition coefficient (Wildman–Crippen LogP) is 4.97. The third-order valence-electron chi connectivity index (χ3n) is 8.82. The van der Waals surface area contributed by atoms with E-state index in [1.165, 1.54) is 0 Å². The SMILES string of the molecule is COc1cc(-c2nccc(-c3cccc(NC(=O)c4ccc(CN5CC[C@H](O)C5)cn4)c3C)c2Cl)ccc1CNC[C@@H]1CCC(=O)N1. The van der Waals surface area contributed by atoms with E-state index < -0.39 is 0 Å². The van der Waals surface area contributed by atoms with Crippen molar-refractivity contribution in [3.63, 3.8) is 0 Å². The smallest absolute Gasteiger partial charge is 0.274 e. The number of methoxy groups -OCH3 is 1. The molecule has 47 heavy (non-hydrogen) atoms. The lowest BCUT2D eigenvalue weighted by molar-refractivity contribution is -0.119. The Balaban J connectivity index is 1.16. The molecule has 0 spiro atoms. The monoisotopic (exact) mass is 654 g/mol. The van der Waals surface area contributed by atoms with E-state index in [0.717, 1.165) is 52.8 Å². The summed E-state index contributed by atoms with van der Waals surface area (Å²) in [5, 5.41) is 19.7. The van der Waals surface area contributed by atoms with Crippen molar-refractivity contribution in [3.05, 3.63) is 94.4 Å². The Kier molecular flexibility index (Phi) is 10.1. The molecule has 2 aromatic carbocycles. The van der Waals surface area contributed by atoms with Gasteiger partial charge < -0.3 is 25.8 Å². The molecule has 4 heterocycles. The minimum absolute atomic E-state index is 0.104. The van der Waals surface area contributed by atoms with Crippen LogP contribution in [0.5, 0.6) is 5.75 Å². The third kappa shape index (κ3) is 7.63. The van der Waals surface area contributed by atoms with E-state index >= 15 is 0 Å². The van der Waals surface area contributed by atoms with E-state index in [2.05, 4.69) is 30.8 Å². The largest absolute Gasteiger partial charge is 0.496 e. The Labute approximate surface area is 279 Å². The molecular weight excluding hydrogens is 616 g/mol. The summed E-state index contributed by atoms with van der Waals surface area (Å²) in [5.41, 5.74) is 6.94. The molecular formula is C36H39ClN6O4. The number of nitrogens with one attached hydrogen (secondary N) is 3. The van der Waals surface area contributed by atoms with Crippen LogP contribution < -0.4 is 20.7 Å². The topological polar surface area (TPSA) is 129 Å². The number of rotatable bonds is 11. The number of carbonyl (C=O) groups excluding carboxylic acids is 2. The number of carbonyl (C=O) groups is 2. The van der Waals surface area contributed by atoms with Crippen LogP contribution in [0.1, 0.15) is 46.4 Å². The van der Waals surface area contributed by atoms with Gasteiger partial charge in [-0.15, -0.1) is 0 Å². The van der Waals surface area contributed by atoms with Crippen LogP contribution in [-0.4, -0.2) is 70.7 Å². The Morgan fingerprint density at radius 1 is 1.13 bits per heavy atom. The molecule has 2 fully saturated rings. The van der Waals surface area contributed by atoms with Crippen LogP contribution in [0.25, 0.3) is 22.4 Å². The zero-order chi connectivity index (χ0) is 32.9. The summed E-state index contributed by atoms with van der Waals surface area (Å²) in [5.74, 6) is 0.516. The maximum atomic E-state index is 13.2. The number of benzene rings is 2. The standard InChI is InChI=1S/C36H39ClN6O4/c1-22-28(4-3-5-30(22)42-36(46)31-10-6-23(17-40-31)20-43-15-13-27(44)21-43)29-12-14-39-35(34(29)37)24-7-8-25(32(16-24)47-2)18-38-19-26-9-11-33(45)41-26/h3-8,10,12,14,16-17,26-27,38,44H,9,11,13,15,18-21H2,1-2H3,(H,41,45)(H,42,46)/t26-,27-/m0/s1. The average molecular weight is 655 g/mol. The van der Waals surface area contributed by atoms with E-state index in [4.69, 9.17) is 16.3 Å². The van der Waals surface area contributed by atoms with Gasteiger partial charge in [0.2, 0.25) is 5.91 Å². The highest BCUT2D eigenvalue weighted by Crippen LogP contribution is 2.39. The van der Waals surface area contributed by atoms with Gasteiger partial charge in [0, 0.05) is 80.0 Å². The summed E-state index contributed by atoms with van der Waals surface area (Å²) < 4.78 is 5.71. The molecule has 2 aliphatic rings. The maximum absolute atomic E-state index is 13.2. The molecule has 10 nitrogen and oxygen atoms in total. The van der Waals surface area contributed by atoms with Gasteiger partial charge in [0.1, 0.15) is 11.4 Å². The third-order valence-corrected chi connectivity index (χ3v) is 9.21. The summed E-state index contributed by atoms with van der Waals surface area (Å²) in [4.78, 5) is 35.8. The second-order valence-corrected chi connectivity index (χ2v) is 12.5. The van der Waals surface area contributed by atoms with Crippen molar-refractivity contribution < 1.29 is 19.4 Å². The first-order valence-corrected chi connectivity index (χ1v) is 16.3. The van der Waals surface area contributed by atoms with Crippen LogP contribution in [-0.2, 0) is 17.9 Å². The fourth-order valence-corrected chi connectivity index (χ4v) is 6.54. The number of hydrogen-bond acceptors (Lipinski definition) is 8. The molecule has 11 heteroatoms. The Bertz CT molecular complexity index is 1770. The zero-order valence-corrected chi connectivity index (χ0v) is 27.3. The van der Waals surface area contributed by atoms with Gasteiger partial charge in [-0.3, -0.25) is 24.5 Å². The average Bonchev–Trinajstić information content (AvgIpc) is 3.69. The van der Waals surface area contributed by atoms with Gasteiger partial charge in [-0.2, -0.15) is 0 Å². The second-order valence-electron chi connectivity index (χ2n) is 12.1. The fraction of sp³-hybridized carbons (Fsp3) is 0.333. The van der Waals surface area contributed by atoms with Crippen LogP contribution in [0.15, 0.2) is 67.0 Å². The van der Waals surface area contributed by atoms with Crippen molar-refractivity contribution in [1.29, 1.82) is 0 Å². The minimum atomic E-state index is -0.301. The molecule has 2 aliphatic heterocycles. The highest BCUT2D eigenvalue weighted by molar-refractivity contribution is 6.35. The number of aliphatic hydroxyl groups excluding tert-OH is 1. The van der Waals surface area contributed by atoms with Crippen LogP contribution in [0.2, 0.25) is 5.02 Å². The second kappa shape index (κ2) is 14.6. The number of aromatic nitrogens is 2. The maximum Gasteiger partial charge on any atom is 0.274 e. The zero-order valence-electron chi connectivity index (χ0n) is 26.6. The molecule has 2 aromatic heterocycles. The number of halogens is 1. The molecule has 0 bridgehead atoms. The number of ether oxygens (including phenoxy) is 1. The molecule has 2 amide bonds. The molecule has 0 unspecified atom stereocenters. The Morgan fingerprint density at radius 3 is 2.72 bits per heavy atom. The molecule has 0 radical (unpaired) electrons. The minimum Gasteiger partial charge on any atom is -0.496 e. The van der Waals surface area contributed by atoms with Crippen LogP contribution in [0.3, 0.4) is 0 Å². The lowest BCUT2D eigenvalue weighted by Crippen LogP contribution is -2.35. The number of anilines is 1. The van der Waals surface area contributed by atoms with Gasteiger partial charge in [0.25, 0.3) is 5.91 Å². The lowest BCUT2D eigenvalue weighted by atomic mass is 9.97. The molecule has 2 saturated heterocycles. The van der Waals surface area contributed by atoms with Crippen molar-refractivity contribution in [3.8, 4) is 28.1 Å². The van der Waals surface area contributed by atoms with Crippen LogP contribution >= 0.6 is 11.6 Å². The number of β-amino-alcohol motifs (C(OH)–C–C–N with tert-alkyl or cyclic N) is 1. The Morgan fingerprint density at radius 2 is 2.00 bits per heavy atom. The van der Waals surface area contributed by atoms with Crippen molar-refractivity contribution >= 4 is 29.1 Å². The summed E-state index contributed by atoms with van der Waals surface area (Å²) in [7, 11) is 1.64. The molecule has 0 saturated carbocycles. The first kappa shape index (κ1) is 32.6. The highest BCUT2D eigenvalue weighted by atomic mass is 35.5. The van der Waals surface area contributed by atoms with Crippen molar-refractivity contribution in [2.75, 3.05) is 32.1 Å². The van der Waals surface area contributed by atoms with E-state index in [9.17, 15) is 14.7 Å². The summed E-state index contributed by atoms with van der Waals surface area (Å²) in [6.45, 7) is 5.44. The van der Waals surface area contributed by atoms with Crippen molar-refractivity contribution in [2.45, 2.75) is 51.4 Å². The van der Waals surface area contributed by atoms with Crippen molar-refractivity contribution in [2.24, 2.45) is 0 Å². The normalized spacial score (nSPS) is 17.9. The van der Waals surface area contributed by atoms with Crippen LogP contribution in [0, 0.1) is 6.92 Å². The number of pyridine rings is 2. The predicted molar refractivity (Wildman–Crippen MR) is 182 cm³/mol.